The molecule has 0 heterocycles. The van der Waals surface area contributed by atoms with Gasteiger partial charge < -0.3 is 16.4 Å². The molecule has 0 aromatic heterocycles. The van der Waals surface area contributed by atoms with Crippen LogP contribution in [0.1, 0.15) is 11.1 Å². The fourth-order valence-electron chi connectivity index (χ4n) is 3.76. The van der Waals surface area contributed by atoms with Crippen LogP contribution in [0.5, 0.6) is 0 Å². The summed E-state index contributed by atoms with van der Waals surface area (Å²) in [5, 5.41) is 19.2. The minimum Gasteiger partial charge on any atom is -0.398 e. The number of benzene rings is 4. The van der Waals surface area contributed by atoms with Crippen LogP contribution in [-0.4, -0.2) is 5.96 Å². The number of hydrogen-bond acceptors (Lipinski definition) is 2. The topological polar surface area (TPSA) is 73.9 Å². The molecule has 0 fully saturated rings. The van der Waals surface area contributed by atoms with Crippen molar-refractivity contribution in [2.24, 2.45) is 0 Å². The van der Waals surface area contributed by atoms with E-state index in [0.29, 0.717) is 0 Å². The Hall–Kier alpha value is -3.79. The number of nitrogens with two attached hydrogens (primary N) is 1. The van der Waals surface area contributed by atoms with Gasteiger partial charge in [-0.05, 0) is 34.5 Å². The van der Waals surface area contributed by atoms with E-state index in [4.69, 9.17) is 11.1 Å². The molecule has 4 aromatic rings. The molecule has 0 unspecified atom stereocenters. The van der Waals surface area contributed by atoms with Gasteiger partial charge in [-0.25, -0.2) is 0 Å². The molecule has 130 valence electrons. The maximum absolute atomic E-state index is 8.41. The Balaban J connectivity index is 1.47. The molecule has 4 heteroatoms. The SMILES string of the molecule is N=C(Nc1ccc2cccc3c2c1C=C3)Nc1ccc(N)c2ccccc12. The molecule has 0 saturated carbocycles. The van der Waals surface area contributed by atoms with Crippen molar-refractivity contribution in [3.8, 4) is 0 Å². The summed E-state index contributed by atoms with van der Waals surface area (Å²) in [4.78, 5) is 0. The highest BCUT2D eigenvalue weighted by atomic mass is 15.1. The van der Waals surface area contributed by atoms with E-state index >= 15 is 0 Å². The summed E-state index contributed by atoms with van der Waals surface area (Å²) >= 11 is 0. The second kappa shape index (κ2) is 5.88. The number of nitrogen functional groups attached to an aromatic ring is 1. The lowest BCUT2D eigenvalue weighted by atomic mass is 10.0. The predicted molar refractivity (Wildman–Crippen MR) is 116 cm³/mol. The van der Waals surface area contributed by atoms with Crippen LogP contribution in [0.25, 0.3) is 33.7 Å². The van der Waals surface area contributed by atoms with Gasteiger partial charge in [0.15, 0.2) is 5.96 Å². The largest absolute Gasteiger partial charge is 0.398 e. The Morgan fingerprint density at radius 3 is 2.41 bits per heavy atom. The molecular formula is C23H18N4. The highest BCUT2D eigenvalue weighted by Crippen LogP contribution is 2.36. The van der Waals surface area contributed by atoms with E-state index < -0.39 is 0 Å². The highest BCUT2D eigenvalue weighted by molar-refractivity contribution is 6.13. The first kappa shape index (κ1) is 15.5. The molecule has 0 atom stereocenters. The van der Waals surface area contributed by atoms with Crippen LogP contribution in [0.15, 0.2) is 66.7 Å². The average Bonchev–Trinajstić information content (AvgIpc) is 3.13. The summed E-state index contributed by atoms with van der Waals surface area (Å²) in [6, 6.07) is 22.1. The van der Waals surface area contributed by atoms with E-state index in [2.05, 4.69) is 47.1 Å². The number of fused-ring (bicyclic) bond motifs is 1. The zero-order chi connectivity index (χ0) is 18.4. The fourth-order valence-corrected chi connectivity index (χ4v) is 3.76. The van der Waals surface area contributed by atoms with Crippen molar-refractivity contribution < 1.29 is 0 Å². The Labute approximate surface area is 156 Å². The Bertz CT molecular complexity index is 1250. The van der Waals surface area contributed by atoms with Crippen molar-refractivity contribution in [2.45, 2.75) is 0 Å². The predicted octanol–water partition coefficient (Wildman–Crippen LogP) is 5.52. The van der Waals surface area contributed by atoms with Gasteiger partial charge in [0.25, 0.3) is 0 Å². The fraction of sp³-hybridized carbons (Fsp3) is 0. The van der Waals surface area contributed by atoms with Gasteiger partial charge in [-0.3, -0.25) is 5.41 Å². The van der Waals surface area contributed by atoms with Crippen molar-refractivity contribution in [3.63, 3.8) is 0 Å². The maximum atomic E-state index is 8.41. The highest BCUT2D eigenvalue weighted by Gasteiger charge is 2.14. The van der Waals surface area contributed by atoms with Gasteiger partial charge in [0.1, 0.15) is 0 Å². The molecule has 27 heavy (non-hydrogen) atoms. The van der Waals surface area contributed by atoms with Crippen LogP contribution in [0.3, 0.4) is 0 Å². The van der Waals surface area contributed by atoms with E-state index in [1.165, 1.54) is 16.3 Å². The standard InChI is InChI=1S/C23H18N4/c24-19-11-13-20(17-7-2-1-6-16(17)19)26-23(25)27-21-12-9-15-5-3-4-14-8-10-18(21)22(14)15/h1-13H,24H2,(H3,25,26,27). The number of nitrogens with one attached hydrogen (secondary N) is 3. The molecule has 0 bridgehead atoms. The summed E-state index contributed by atoms with van der Waals surface area (Å²) in [6.45, 7) is 0. The molecule has 1 aliphatic rings. The lowest BCUT2D eigenvalue weighted by molar-refractivity contribution is 1.44. The van der Waals surface area contributed by atoms with E-state index in [0.717, 1.165) is 33.4 Å². The third kappa shape index (κ3) is 2.50. The molecule has 0 spiro atoms. The second-order valence-corrected chi connectivity index (χ2v) is 6.68. The van der Waals surface area contributed by atoms with Crippen LogP contribution in [0.2, 0.25) is 0 Å². The van der Waals surface area contributed by atoms with E-state index in [1.54, 1.807) is 0 Å². The van der Waals surface area contributed by atoms with Crippen molar-refractivity contribution in [2.75, 3.05) is 16.4 Å². The Kier molecular flexibility index (Phi) is 3.37. The monoisotopic (exact) mass is 350 g/mol. The summed E-state index contributed by atoms with van der Waals surface area (Å²) < 4.78 is 0. The van der Waals surface area contributed by atoms with E-state index in [9.17, 15) is 0 Å². The summed E-state index contributed by atoms with van der Waals surface area (Å²) in [5.74, 6) is 0.221. The summed E-state index contributed by atoms with van der Waals surface area (Å²) in [7, 11) is 0. The molecule has 5 rings (SSSR count). The Morgan fingerprint density at radius 1 is 0.741 bits per heavy atom. The van der Waals surface area contributed by atoms with E-state index in [1.807, 2.05) is 42.5 Å². The molecule has 4 nitrogen and oxygen atoms in total. The van der Waals surface area contributed by atoms with Gasteiger partial charge in [-0.1, -0.05) is 60.7 Å². The van der Waals surface area contributed by atoms with Crippen molar-refractivity contribution in [3.05, 3.63) is 77.9 Å². The molecule has 0 saturated heterocycles. The van der Waals surface area contributed by atoms with Crippen LogP contribution >= 0.6 is 0 Å². The zero-order valence-electron chi connectivity index (χ0n) is 14.6. The van der Waals surface area contributed by atoms with Crippen LogP contribution in [0, 0.1) is 5.41 Å². The summed E-state index contributed by atoms with van der Waals surface area (Å²) in [6.07, 6.45) is 4.22. The number of guanidine groups is 1. The molecule has 5 N–H and O–H groups in total. The van der Waals surface area contributed by atoms with Crippen LogP contribution in [-0.2, 0) is 0 Å². The quantitative estimate of drug-likeness (QED) is 0.192. The average molecular weight is 350 g/mol. The van der Waals surface area contributed by atoms with Crippen molar-refractivity contribution >= 4 is 56.7 Å². The van der Waals surface area contributed by atoms with Gasteiger partial charge in [-0.2, -0.15) is 0 Å². The molecule has 0 aliphatic heterocycles. The lowest BCUT2D eigenvalue weighted by Gasteiger charge is -2.15. The van der Waals surface area contributed by atoms with Crippen molar-refractivity contribution in [1.82, 2.24) is 0 Å². The molecule has 0 amide bonds. The third-order valence-corrected chi connectivity index (χ3v) is 5.02. The van der Waals surface area contributed by atoms with Gasteiger partial charge in [0.05, 0.1) is 0 Å². The molecule has 4 aromatic carbocycles. The maximum Gasteiger partial charge on any atom is 0.197 e. The first-order valence-electron chi connectivity index (χ1n) is 8.84. The zero-order valence-corrected chi connectivity index (χ0v) is 14.6. The van der Waals surface area contributed by atoms with E-state index in [-0.39, 0.29) is 5.96 Å². The molecule has 0 radical (unpaired) electrons. The number of hydrogen-bond donors (Lipinski definition) is 4. The van der Waals surface area contributed by atoms with Crippen LogP contribution < -0.4 is 16.4 Å². The first-order chi connectivity index (χ1) is 13.2. The van der Waals surface area contributed by atoms with Crippen molar-refractivity contribution in [1.29, 1.82) is 5.41 Å². The van der Waals surface area contributed by atoms with Crippen LogP contribution in [0.4, 0.5) is 17.1 Å². The smallest absolute Gasteiger partial charge is 0.197 e. The van der Waals surface area contributed by atoms with Gasteiger partial charge in [0, 0.05) is 33.4 Å². The van der Waals surface area contributed by atoms with Gasteiger partial charge in [0.2, 0.25) is 0 Å². The minimum atomic E-state index is 0.221. The third-order valence-electron chi connectivity index (χ3n) is 5.02. The molecular weight excluding hydrogens is 332 g/mol. The number of rotatable bonds is 2. The lowest BCUT2D eigenvalue weighted by Crippen LogP contribution is -2.21. The van der Waals surface area contributed by atoms with Gasteiger partial charge in [-0.15, -0.1) is 0 Å². The second-order valence-electron chi connectivity index (χ2n) is 6.68. The number of anilines is 3. The Morgan fingerprint density at radius 2 is 1.52 bits per heavy atom. The van der Waals surface area contributed by atoms with Gasteiger partial charge >= 0.3 is 0 Å². The molecule has 1 aliphatic carbocycles. The summed E-state index contributed by atoms with van der Waals surface area (Å²) in [5.41, 5.74) is 10.9. The first-order valence-corrected chi connectivity index (χ1v) is 8.84. The normalized spacial score (nSPS) is 11.9. The minimum absolute atomic E-state index is 0.221.